The first kappa shape index (κ1) is 13.3. The Balaban J connectivity index is 2.41. The number of ether oxygens (including phenoxy) is 1. The Morgan fingerprint density at radius 1 is 1.53 bits per heavy atom. The number of nitrogens with one attached hydrogen (secondary N) is 1. The third-order valence-corrected chi connectivity index (χ3v) is 4.48. The number of thioether (sulfide) groups is 1. The molecule has 15 heavy (non-hydrogen) atoms. The van der Waals surface area contributed by atoms with E-state index in [0.717, 1.165) is 26.2 Å². The molecule has 0 amide bonds. The molecule has 1 heterocycles. The van der Waals surface area contributed by atoms with Crippen LogP contribution in [0.3, 0.4) is 0 Å². The lowest BCUT2D eigenvalue weighted by Gasteiger charge is -2.33. The van der Waals surface area contributed by atoms with Crippen LogP contribution in [0.2, 0.25) is 0 Å². The van der Waals surface area contributed by atoms with Crippen LogP contribution < -0.4 is 5.32 Å². The molecule has 1 rings (SSSR count). The molecule has 0 aromatic heterocycles. The lowest BCUT2D eigenvalue weighted by Crippen LogP contribution is -2.45. The molecule has 1 saturated heterocycles. The van der Waals surface area contributed by atoms with Crippen molar-refractivity contribution in [2.24, 2.45) is 0 Å². The van der Waals surface area contributed by atoms with Crippen LogP contribution in [0, 0.1) is 0 Å². The molecule has 1 aliphatic heterocycles. The normalized spacial score (nSPS) is 31.2. The number of hydrogen-bond donors (Lipinski definition) is 2. The van der Waals surface area contributed by atoms with Crippen LogP contribution in [0.25, 0.3) is 0 Å². The highest BCUT2D eigenvalue weighted by Crippen LogP contribution is 2.27. The van der Waals surface area contributed by atoms with Gasteiger partial charge in [0.15, 0.2) is 0 Å². The molecular weight excluding hydrogens is 210 g/mol. The van der Waals surface area contributed by atoms with Gasteiger partial charge in [0.2, 0.25) is 0 Å². The number of hydrogen-bond acceptors (Lipinski definition) is 4. The average molecular weight is 233 g/mol. The first-order chi connectivity index (χ1) is 7.15. The molecule has 0 saturated carbocycles. The minimum absolute atomic E-state index is 0.251. The summed E-state index contributed by atoms with van der Waals surface area (Å²) in [7, 11) is 0. The van der Waals surface area contributed by atoms with Crippen molar-refractivity contribution in [3.63, 3.8) is 0 Å². The molecule has 0 spiro atoms. The Labute approximate surface area is 97.0 Å². The summed E-state index contributed by atoms with van der Waals surface area (Å²) >= 11 is 1.84. The standard InChI is InChI=1S/C11H23NO2S/c1-4-12-10-5-6-14-7-11(10)15-9(3)8(2)13/h8-13H,4-7H2,1-3H3. The number of rotatable bonds is 5. The van der Waals surface area contributed by atoms with E-state index in [1.807, 2.05) is 18.7 Å². The summed E-state index contributed by atoms with van der Waals surface area (Å²) in [6.07, 6.45) is 0.831. The molecule has 0 aromatic rings. The maximum absolute atomic E-state index is 9.49. The molecule has 1 fully saturated rings. The van der Waals surface area contributed by atoms with Crippen molar-refractivity contribution in [2.75, 3.05) is 19.8 Å². The first-order valence-corrected chi connectivity index (χ1v) is 6.74. The summed E-state index contributed by atoms with van der Waals surface area (Å²) in [5.74, 6) is 0. The SMILES string of the molecule is CCNC1CCOCC1SC(C)C(C)O. The van der Waals surface area contributed by atoms with E-state index in [1.165, 1.54) is 0 Å². The lowest BCUT2D eigenvalue weighted by molar-refractivity contribution is 0.0832. The summed E-state index contributed by atoms with van der Waals surface area (Å²) in [5, 5.41) is 13.7. The lowest BCUT2D eigenvalue weighted by atomic mass is 10.1. The van der Waals surface area contributed by atoms with Crippen molar-refractivity contribution in [1.29, 1.82) is 0 Å². The Morgan fingerprint density at radius 2 is 2.27 bits per heavy atom. The molecule has 4 heteroatoms. The zero-order valence-corrected chi connectivity index (χ0v) is 10.7. The van der Waals surface area contributed by atoms with Crippen molar-refractivity contribution in [2.45, 2.75) is 49.8 Å². The third-order valence-electron chi connectivity index (χ3n) is 2.84. The molecule has 90 valence electrons. The molecule has 0 radical (unpaired) electrons. The van der Waals surface area contributed by atoms with E-state index >= 15 is 0 Å². The van der Waals surface area contributed by atoms with Gasteiger partial charge in [0.1, 0.15) is 0 Å². The highest BCUT2D eigenvalue weighted by molar-refractivity contribution is 8.00. The predicted molar refractivity (Wildman–Crippen MR) is 65.4 cm³/mol. The molecule has 4 atom stereocenters. The van der Waals surface area contributed by atoms with Crippen molar-refractivity contribution < 1.29 is 9.84 Å². The van der Waals surface area contributed by atoms with E-state index in [9.17, 15) is 5.11 Å². The molecule has 4 unspecified atom stereocenters. The van der Waals surface area contributed by atoms with Gasteiger partial charge in [-0.15, -0.1) is 11.8 Å². The van der Waals surface area contributed by atoms with Crippen molar-refractivity contribution in [3.8, 4) is 0 Å². The molecule has 2 N–H and O–H groups in total. The maximum Gasteiger partial charge on any atom is 0.0628 e. The molecule has 0 aliphatic carbocycles. The molecule has 3 nitrogen and oxygen atoms in total. The second kappa shape index (κ2) is 6.74. The van der Waals surface area contributed by atoms with Gasteiger partial charge in [-0.05, 0) is 19.9 Å². The smallest absolute Gasteiger partial charge is 0.0628 e. The average Bonchev–Trinajstić information content (AvgIpc) is 2.21. The maximum atomic E-state index is 9.49. The largest absolute Gasteiger partial charge is 0.392 e. The zero-order chi connectivity index (χ0) is 11.3. The Hall–Kier alpha value is 0.230. The predicted octanol–water partition coefficient (Wildman–Crippen LogP) is 1.26. The summed E-state index contributed by atoms with van der Waals surface area (Å²) < 4.78 is 5.50. The fraction of sp³-hybridized carbons (Fsp3) is 1.00. The van der Waals surface area contributed by atoms with Gasteiger partial charge in [0.05, 0.1) is 12.7 Å². The van der Waals surface area contributed by atoms with Gasteiger partial charge in [0.25, 0.3) is 0 Å². The van der Waals surface area contributed by atoms with Gasteiger partial charge < -0.3 is 15.2 Å². The van der Waals surface area contributed by atoms with Gasteiger partial charge in [-0.3, -0.25) is 0 Å². The Kier molecular flexibility index (Phi) is 5.97. The zero-order valence-electron chi connectivity index (χ0n) is 9.90. The first-order valence-electron chi connectivity index (χ1n) is 5.79. The molecule has 0 aromatic carbocycles. The van der Waals surface area contributed by atoms with Gasteiger partial charge in [-0.2, -0.15) is 0 Å². The molecular formula is C11H23NO2S. The van der Waals surface area contributed by atoms with Crippen molar-refractivity contribution in [1.82, 2.24) is 5.32 Å². The second-order valence-electron chi connectivity index (χ2n) is 4.15. The summed E-state index contributed by atoms with van der Waals surface area (Å²) in [6, 6.07) is 0.537. The third kappa shape index (κ3) is 4.31. The molecule has 1 aliphatic rings. The van der Waals surface area contributed by atoms with Crippen LogP contribution >= 0.6 is 11.8 Å². The van der Waals surface area contributed by atoms with E-state index in [4.69, 9.17) is 4.74 Å². The Morgan fingerprint density at radius 3 is 2.87 bits per heavy atom. The fourth-order valence-electron chi connectivity index (χ4n) is 1.73. The van der Waals surface area contributed by atoms with Crippen LogP contribution in [-0.4, -0.2) is 47.5 Å². The highest BCUT2D eigenvalue weighted by Gasteiger charge is 2.28. The van der Waals surface area contributed by atoms with Gasteiger partial charge in [-0.25, -0.2) is 0 Å². The summed E-state index contributed by atoms with van der Waals surface area (Å²) in [5.41, 5.74) is 0. The van der Waals surface area contributed by atoms with Crippen LogP contribution in [0.15, 0.2) is 0 Å². The van der Waals surface area contributed by atoms with Crippen LogP contribution in [0.4, 0.5) is 0 Å². The van der Waals surface area contributed by atoms with E-state index in [2.05, 4.69) is 19.2 Å². The monoisotopic (exact) mass is 233 g/mol. The van der Waals surface area contributed by atoms with E-state index in [-0.39, 0.29) is 11.4 Å². The highest BCUT2D eigenvalue weighted by atomic mass is 32.2. The number of aliphatic hydroxyl groups excluding tert-OH is 1. The number of aliphatic hydroxyl groups is 1. The van der Waals surface area contributed by atoms with E-state index in [1.54, 1.807) is 0 Å². The van der Waals surface area contributed by atoms with E-state index < -0.39 is 0 Å². The van der Waals surface area contributed by atoms with Gasteiger partial charge in [-0.1, -0.05) is 13.8 Å². The van der Waals surface area contributed by atoms with Crippen molar-refractivity contribution >= 4 is 11.8 Å². The van der Waals surface area contributed by atoms with Gasteiger partial charge in [0, 0.05) is 23.1 Å². The Bertz CT molecular complexity index is 176. The van der Waals surface area contributed by atoms with Crippen LogP contribution in [0.5, 0.6) is 0 Å². The quantitative estimate of drug-likeness (QED) is 0.750. The fourth-order valence-corrected chi connectivity index (χ4v) is 3.11. The van der Waals surface area contributed by atoms with Crippen molar-refractivity contribution in [3.05, 3.63) is 0 Å². The van der Waals surface area contributed by atoms with Crippen LogP contribution in [0.1, 0.15) is 27.2 Å². The minimum Gasteiger partial charge on any atom is -0.392 e. The van der Waals surface area contributed by atoms with E-state index in [0.29, 0.717) is 11.3 Å². The molecule has 0 bridgehead atoms. The summed E-state index contributed by atoms with van der Waals surface area (Å²) in [4.78, 5) is 0. The topological polar surface area (TPSA) is 41.5 Å². The minimum atomic E-state index is -0.251. The van der Waals surface area contributed by atoms with Gasteiger partial charge >= 0.3 is 0 Å². The summed E-state index contributed by atoms with van der Waals surface area (Å²) in [6.45, 7) is 8.73. The second-order valence-corrected chi connectivity index (χ2v) is 5.77. The van der Waals surface area contributed by atoms with Crippen LogP contribution in [-0.2, 0) is 4.74 Å².